The SMILES string of the molecule is Cc1cc(NC(=O)C(C)NC2CCc3ncnn3C2)no1. The van der Waals surface area contributed by atoms with Crippen LogP contribution in [0.5, 0.6) is 0 Å². The summed E-state index contributed by atoms with van der Waals surface area (Å²) in [6, 6.07) is 1.57. The van der Waals surface area contributed by atoms with Gasteiger partial charge in [0.1, 0.15) is 17.9 Å². The van der Waals surface area contributed by atoms with Crippen molar-refractivity contribution in [3.8, 4) is 0 Å². The highest BCUT2D eigenvalue weighted by atomic mass is 16.5. The summed E-state index contributed by atoms with van der Waals surface area (Å²) in [7, 11) is 0. The van der Waals surface area contributed by atoms with Crippen molar-refractivity contribution in [2.24, 2.45) is 0 Å². The second-order valence-electron chi connectivity index (χ2n) is 5.29. The van der Waals surface area contributed by atoms with E-state index < -0.39 is 0 Å². The van der Waals surface area contributed by atoms with Gasteiger partial charge in [0.25, 0.3) is 0 Å². The van der Waals surface area contributed by atoms with Gasteiger partial charge in [0.2, 0.25) is 5.91 Å². The third kappa shape index (κ3) is 3.10. The zero-order chi connectivity index (χ0) is 14.8. The third-order valence-electron chi connectivity index (χ3n) is 3.56. The molecule has 112 valence electrons. The first kappa shape index (κ1) is 13.7. The van der Waals surface area contributed by atoms with E-state index in [1.54, 1.807) is 19.3 Å². The normalized spacial score (nSPS) is 19.0. The lowest BCUT2D eigenvalue weighted by atomic mass is 10.1. The first-order valence-electron chi connectivity index (χ1n) is 6.99. The average Bonchev–Trinajstić information content (AvgIpc) is 3.07. The zero-order valence-electron chi connectivity index (χ0n) is 12.0. The number of fused-ring (bicyclic) bond motifs is 1. The maximum Gasteiger partial charge on any atom is 0.242 e. The van der Waals surface area contributed by atoms with Crippen molar-refractivity contribution in [1.29, 1.82) is 0 Å². The van der Waals surface area contributed by atoms with Crippen LogP contribution < -0.4 is 10.6 Å². The molecule has 0 radical (unpaired) electrons. The number of rotatable bonds is 4. The van der Waals surface area contributed by atoms with Gasteiger partial charge in [-0.25, -0.2) is 9.67 Å². The van der Waals surface area contributed by atoms with Gasteiger partial charge in [-0.2, -0.15) is 5.10 Å². The van der Waals surface area contributed by atoms with E-state index in [-0.39, 0.29) is 18.0 Å². The molecule has 2 aromatic heterocycles. The highest BCUT2D eigenvalue weighted by Gasteiger charge is 2.23. The Morgan fingerprint density at radius 2 is 2.43 bits per heavy atom. The molecule has 8 heteroatoms. The molecule has 1 aliphatic rings. The molecule has 3 rings (SSSR count). The Hall–Kier alpha value is -2.22. The van der Waals surface area contributed by atoms with Gasteiger partial charge in [-0.05, 0) is 20.3 Å². The summed E-state index contributed by atoms with van der Waals surface area (Å²) >= 11 is 0. The number of hydrogen-bond donors (Lipinski definition) is 2. The minimum absolute atomic E-state index is 0.132. The lowest BCUT2D eigenvalue weighted by Crippen LogP contribution is -2.47. The molecule has 2 unspecified atom stereocenters. The number of anilines is 1. The minimum Gasteiger partial charge on any atom is -0.360 e. The Morgan fingerprint density at radius 3 is 3.19 bits per heavy atom. The van der Waals surface area contributed by atoms with Crippen LogP contribution in [0.15, 0.2) is 16.9 Å². The smallest absolute Gasteiger partial charge is 0.242 e. The third-order valence-corrected chi connectivity index (χ3v) is 3.56. The van der Waals surface area contributed by atoms with Crippen molar-refractivity contribution >= 4 is 11.7 Å². The topological polar surface area (TPSA) is 97.9 Å². The van der Waals surface area contributed by atoms with Crippen LogP contribution in [0.4, 0.5) is 5.82 Å². The minimum atomic E-state index is -0.322. The van der Waals surface area contributed by atoms with Gasteiger partial charge in [-0.15, -0.1) is 0 Å². The molecule has 0 spiro atoms. The summed E-state index contributed by atoms with van der Waals surface area (Å²) in [4.78, 5) is 16.3. The van der Waals surface area contributed by atoms with Crippen LogP contribution in [0, 0.1) is 6.92 Å². The Labute approximate surface area is 121 Å². The molecule has 3 heterocycles. The molecule has 0 bridgehead atoms. The van der Waals surface area contributed by atoms with E-state index in [0.717, 1.165) is 25.2 Å². The van der Waals surface area contributed by atoms with E-state index in [2.05, 4.69) is 25.9 Å². The lowest BCUT2D eigenvalue weighted by Gasteiger charge is -2.26. The zero-order valence-corrected chi connectivity index (χ0v) is 12.0. The maximum atomic E-state index is 12.1. The van der Waals surface area contributed by atoms with Gasteiger partial charge in [0, 0.05) is 18.5 Å². The van der Waals surface area contributed by atoms with Crippen LogP contribution in [0.2, 0.25) is 0 Å². The van der Waals surface area contributed by atoms with Gasteiger partial charge in [-0.3, -0.25) is 4.79 Å². The molecule has 0 aromatic carbocycles. The van der Waals surface area contributed by atoms with Crippen molar-refractivity contribution in [3.05, 3.63) is 24.0 Å². The molecule has 1 amide bonds. The summed E-state index contributed by atoms with van der Waals surface area (Å²) in [6.45, 7) is 4.34. The molecule has 8 nitrogen and oxygen atoms in total. The predicted molar refractivity (Wildman–Crippen MR) is 74.6 cm³/mol. The Bertz CT molecular complexity index is 634. The number of carbonyl (C=O) groups excluding carboxylic acids is 1. The maximum absolute atomic E-state index is 12.1. The molecule has 0 saturated heterocycles. The molecule has 0 saturated carbocycles. The Balaban J connectivity index is 1.54. The van der Waals surface area contributed by atoms with E-state index in [1.807, 2.05) is 11.6 Å². The van der Waals surface area contributed by atoms with Gasteiger partial charge < -0.3 is 15.2 Å². The molecule has 21 heavy (non-hydrogen) atoms. The first-order valence-corrected chi connectivity index (χ1v) is 6.99. The van der Waals surface area contributed by atoms with Gasteiger partial charge >= 0.3 is 0 Å². The molecule has 1 aliphatic heterocycles. The number of aryl methyl sites for hydroxylation is 2. The summed E-state index contributed by atoms with van der Waals surface area (Å²) < 4.78 is 6.80. The van der Waals surface area contributed by atoms with Crippen LogP contribution >= 0.6 is 0 Å². The monoisotopic (exact) mass is 290 g/mol. The van der Waals surface area contributed by atoms with Crippen molar-refractivity contribution < 1.29 is 9.32 Å². The summed E-state index contributed by atoms with van der Waals surface area (Å²) in [5.74, 6) is 1.97. The summed E-state index contributed by atoms with van der Waals surface area (Å²) in [5.41, 5.74) is 0. The number of carbonyl (C=O) groups is 1. The first-order chi connectivity index (χ1) is 10.1. The van der Waals surface area contributed by atoms with Gasteiger partial charge in [0.05, 0.1) is 12.6 Å². The van der Waals surface area contributed by atoms with E-state index >= 15 is 0 Å². The standard InChI is InChI=1S/C13H18N6O2/c1-8-5-11(18-21-8)17-13(20)9(2)16-10-3-4-12-14-7-15-19(12)6-10/h5,7,9-10,16H,3-4,6H2,1-2H3,(H,17,18,20). The molecule has 0 aliphatic carbocycles. The van der Waals surface area contributed by atoms with Crippen molar-refractivity contribution in [1.82, 2.24) is 25.2 Å². The molecular formula is C13H18N6O2. The van der Waals surface area contributed by atoms with Crippen molar-refractivity contribution in [2.75, 3.05) is 5.32 Å². The molecule has 2 N–H and O–H groups in total. The quantitative estimate of drug-likeness (QED) is 0.851. The van der Waals surface area contributed by atoms with E-state index in [9.17, 15) is 4.79 Å². The second kappa shape index (κ2) is 5.65. The van der Waals surface area contributed by atoms with E-state index in [4.69, 9.17) is 4.52 Å². The number of aromatic nitrogens is 4. The fraction of sp³-hybridized carbons (Fsp3) is 0.538. The van der Waals surface area contributed by atoms with Crippen molar-refractivity contribution in [2.45, 2.75) is 45.3 Å². The van der Waals surface area contributed by atoms with Crippen LogP contribution in [-0.2, 0) is 17.8 Å². The van der Waals surface area contributed by atoms with E-state index in [0.29, 0.717) is 11.6 Å². The van der Waals surface area contributed by atoms with Crippen LogP contribution in [0.25, 0.3) is 0 Å². The fourth-order valence-corrected chi connectivity index (χ4v) is 2.46. The van der Waals surface area contributed by atoms with Crippen LogP contribution in [-0.4, -0.2) is 37.9 Å². The number of nitrogens with zero attached hydrogens (tertiary/aromatic N) is 4. The fourth-order valence-electron chi connectivity index (χ4n) is 2.46. The number of hydrogen-bond acceptors (Lipinski definition) is 6. The molecule has 0 fully saturated rings. The Kier molecular flexibility index (Phi) is 3.70. The second-order valence-corrected chi connectivity index (χ2v) is 5.29. The largest absolute Gasteiger partial charge is 0.360 e. The number of nitrogens with one attached hydrogen (secondary N) is 2. The molecule has 2 aromatic rings. The summed E-state index contributed by atoms with van der Waals surface area (Å²) in [6.07, 6.45) is 3.38. The van der Waals surface area contributed by atoms with Gasteiger partial charge in [0.15, 0.2) is 5.82 Å². The highest BCUT2D eigenvalue weighted by molar-refractivity contribution is 5.93. The Morgan fingerprint density at radius 1 is 1.57 bits per heavy atom. The van der Waals surface area contributed by atoms with Crippen molar-refractivity contribution in [3.63, 3.8) is 0 Å². The molecule has 2 atom stereocenters. The van der Waals surface area contributed by atoms with Crippen LogP contribution in [0.3, 0.4) is 0 Å². The predicted octanol–water partition coefficient (Wildman–Crippen LogP) is 0.506. The summed E-state index contributed by atoms with van der Waals surface area (Å²) in [5, 5.41) is 14.0. The number of amides is 1. The van der Waals surface area contributed by atoms with Gasteiger partial charge in [-0.1, -0.05) is 5.16 Å². The highest BCUT2D eigenvalue weighted by Crippen LogP contribution is 2.12. The van der Waals surface area contributed by atoms with E-state index in [1.165, 1.54) is 0 Å². The molecular weight excluding hydrogens is 272 g/mol. The lowest BCUT2D eigenvalue weighted by molar-refractivity contribution is -0.118. The average molecular weight is 290 g/mol. The van der Waals surface area contributed by atoms with Crippen LogP contribution in [0.1, 0.15) is 24.9 Å².